The van der Waals surface area contributed by atoms with Crippen LogP contribution in [0.5, 0.6) is 0 Å². The zero-order chi connectivity index (χ0) is 31.6. The van der Waals surface area contributed by atoms with Gasteiger partial charge in [-0.1, -0.05) is 20.8 Å². The van der Waals surface area contributed by atoms with E-state index in [-0.39, 0.29) is 14.0 Å². The van der Waals surface area contributed by atoms with Crippen molar-refractivity contribution in [3.63, 3.8) is 0 Å². The van der Waals surface area contributed by atoms with Crippen molar-refractivity contribution in [3.8, 4) is 0 Å². The molecule has 0 atom stereocenters. The number of hydrogen-bond acceptors (Lipinski definition) is 3. The smallest absolute Gasteiger partial charge is 0.0654 e. The summed E-state index contributed by atoms with van der Waals surface area (Å²) in [7, 11) is 0. The van der Waals surface area contributed by atoms with Gasteiger partial charge in [0.15, 0.2) is 0 Å². The minimum atomic E-state index is -2.00. The monoisotopic (exact) mass is 648 g/mol. The van der Waals surface area contributed by atoms with Gasteiger partial charge in [-0.3, -0.25) is 0 Å². The van der Waals surface area contributed by atoms with E-state index in [0.717, 1.165) is 38.5 Å². The molecule has 0 aromatic heterocycles. The first kappa shape index (κ1) is 42.5. The van der Waals surface area contributed by atoms with Gasteiger partial charge in [-0.15, -0.1) is 0 Å². The Hall–Kier alpha value is -0.471. The zero-order valence-corrected chi connectivity index (χ0v) is 30.5. The van der Waals surface area contributed by atoms with Gasteiger partial charge in [-0.05, 0) is 0 Å². The minimum absolute atomic E-state index is 0.00581. The fourth-order valence-electron chi connectivity index (χ4n) is 5.84. The molecule has 257 valence electrons. The molecule has 0 saturated carbocycles. The Balaban J connectivity index is 4.42. The van der Waals surface area contributed by atoms with E-state index in [1.807, 2.05) is 0 Å². The number of unbranched alkanes of at least 4 members (excludes halogenated alkanes) is 27. The topological polar surface area (TPSA) is 51.2 Å². The molecule has 0 aromatic carbocycles. The summed E-state index contributed by atoms with van der Waals surface area (Å²) in [6.45, 7) is 6.76. The molecular formula is C39H75FeO3. The molecular weight excluding hydrogens is 572 g/mol. The van der Waals surface area contributed by atoms with Crippen LogP contribution >= 0.6 is 0 Å². The first-order chi connectivity index (χ1) is 21.1. The zero-order valence-electron chi connectivity index (χ0n) is 29.4. The van der Waals surface area contributed by atoms with Crippen LogP contribution in [0.4, 0.5) is 0 Å². The van der Waals surface area contributed by atoms with E-state index < -0.39 is 13.9 Å². The van der Waals surface area contributed by atoms with Crippen LogP contribution in [-0.4, -0.2) is 14.0 Å². The fraction of sp³-hybridized carbons (Fsp3) is 0.923. The van der Waals surface area contributed by atoms with E-state index >= 15 is 0 Å². The van der Waals surface area contributed by atoms with Crippen LogP contribution in [0.3, 0.4) is 0 Å². The summed E-state index contributed by atoms with van der Waals surface area (Å²) in [6.07, 6.45) is 38.1. The predicted octanol–water partition coefficient (Wildman–Crippen LogP) is 13.1. The first-order valence-corrected chi connectivity index (χ1v) is 21.0. The molecule has 3 nitrogen and oxygen atoms in total. The average Bonchev–Trinajstić information content (AvgIpc) is 3.00. The van der Waals surface area contributed by atoms with E-state index in [2.05, 4.69) is 20.8 Å². The molecule has 0 fully saturated rings. The van der Waals surface area contributed by atoms with Gasteiger partial charge in [0, 0.05) is 0 Å². The van der Waals surface area contributed by atoms with Crippen LogP contribution in [0.25, 0.3) is 0 Å². The third kappa shape index (κ3) is 28.7. The van der Waals surface area contributed by atoms with Gasteiger partial charge in [0.1, 0.15) is 0 Å². The third-order valence-corrected chi connectivity index (χ3v) is 11.4. The molecule has 0 amide bonds. The molecule has 0 unspecified atom stereocenters. The second-order valence-electron chi connectivity index (χ2n) is 13.1. The number of hydrogen-bond donors (Lipinski definition) is 0. The molecule has 43 heavy (non-hydrogen) atoms. The SMILES string of the molecule is CCCCCCCCCCCC[C](=O)[Fe]([C](=O)CCCCCCCCCCCC)[C](=O)CCCCCCCCCCCC. The van der Waals surface area contributed by atoms with Gasteiger partial charge in [0.25, 0.3) is 0 Å². The van der Waals surface area contributed by atoms with Gasteiger partial charge >= 0.3 is 254 Å². The Morgan fingerprint density at radius 2 is 0.442 bits per heavy atom. The van der Waals surface area contributed by atoms with Crippen molar-refractivity contribution in [3.05, 3.63) is 0 Å². The second kappa shape index (κ2) is 34.4. The van der Waals surface area contributed by atoms with E-state index in [1.54, 1.807) is 0 Å². The van der Waals surface area contributed by atoms with E-state index in [0.29, 0.717) is 19.3 Å². The predicted molar refractivity (Wildman–Crippen MR) is 184 cm³/mol. The number of carbonyl (C=O) groups is 3. The van der Waals surface area contributed by atoms with Crippen molar-refractivity contribution in [1.29, 1.82) is 0 Å². The Labute approximate surface area is 274 Å². The maximum atomic E-state index is 13.2. The van der Waals surface area contributed by atoms with Crippen LogP contribution in [-0.2, 0) is 28.3 Å². The van der Waals surface area contributed by atoms with E-state index in [9.17, 15) is 14.4 Å². The van der Waals surface area contributed by atoms with Crippen molar-refractivity contribution in [2.45, 2.75) is 233 Å². The van der Waals surface area contributed by atoms with Gasteiger partial charge in [0.05, 0.1) is 0 Å². The Morgan fingerprint density at radius 3 is 0.628 bits per heavy atom. The fourth-order valence-corrected chi connectivity index (χ4v) is 8.28. The molecule has 0 bridgehead atoms. The van der Waals surface area contributed by atoms with Crippen molar-refractivity contribution in [1.82, 2.24) is 0 Å². The molecule has 0 saturated heterocycles. The van der Waals surface area contributed by atoms with Crippen molar-refractivity contribution in [2.24, 2.45) is 0 Å². The average molecular weight is 648 g/mol. The summed E-state index contributed by atoms with van der Waals surface area (Å²) < 4.78 is -0.0174. The van der Waals surface area contributed by atoms with E-state index in [1.165, 1.54) is 154 Å². The molecule has 0 aliphatic heterocycles. The maximum absolute atomic E-state index is 13.2. The number of carbonyl (C=O) groups excluding carboxylic acids is 3. The summed E-state index contributed by atoms with van der Waals surface area (Å²) in [5.74, 6) is 0. The van der Waals surface area contributed by atoms with Crippen LogP contribution in [0, 0.1) is 0 Å². The van der Waals surface area contributed by atoms with E-state index in [4.69, 9.17) is 0 Å². The van der Waals surface area contributed by atoms with Crippen LogP contribution in [0.15, 0.2) is 0 Å². The Bertz CT molecular complexity index is 546. The van der Waals surface area contributed by atoms with Gasteiger partial charge < -0.3 is 0 Å². The Morgan fingerprint density at radius 1 is 0.279 bits per heavy atom. The first-order valence-electron chi connectivity index (χ1n) is 19.3. The van der Waals surface area contributed by atoms with Gasteiger partial charge in [-0.2, -0.15) is 0 Å². The standard InChI is InChI=1S/3C13H25O.Fe/c3*1-2-3-4-5-6-7-8-9-10-11-12-13-14;/h3*2-12H2,1H3;. The van der Waals surface area contributed by atoms with Crippen molar-refractivity contribution in [2.75, 3.05) is 0 Å². The molecule has 0 heterocycles. The molecule has 0 aromatic rings. The molecule has 4 heteroatoms. The summed E-state index contributed by atoms with van der Waals surface area (Å²) in [6, 6.07) is 0. The summed E-state index contributed by atoms with van der Waals surface area (Å²) in [4.78, 5) is 39.7. The van der Waals surface area contributed by atoms with Gasteiger partial charge in [-0.25, -0.2) is 0 Å². The molecule has 0 aliphatic carbocycles. The summed E-state index contributed by atoms with van der Waals surface area (Å²) in [5.41, 5.74) is 0. The van der Waals surface area contributed by atoms with Crippen molar-refractivity contribution >= 4 is 14.0 Å². The van der Waals surface area contributed by atoms with Gasteiger partial charge in [0.2, 0.25) is 0 Å². The number of rotatable bonds is 36. The molecule has 0 aliphatic rings. The third-order valence-electron chi connectivity index (χ3n) is 8.75. The minimum Gasteiger partial charge on any atom is -0.0654 e. The summed E-state index contributed by atoms with van der Waals surface area (Å²) in [5, 5.41) is 0. The normalized spacial score (nSPS) is 11.7. The Kier molecular flexibility index (Phi) is 34.0. The van der Waals surface area contributed by atoms with Crippen LogP contribution in [0.2, 0.25) is 0 Å². The quantitative estimate of drug-likeness (QED) is 0.0502. The van der Waals surface area contributed by atoms with Crippen LogP contribution < -0.4 is 0 Å². The second-order valence-corrected chi connectivity index (χ2v) is 15.8. The molecule has 0 spiro atoms. The van der Waals surface area contributed by atoms with Crippen molar-refractivity contribution < 1.29 is 28.3 Å². The molecule has 0 rings (SSSR count). The molecule has 0 radical (unpaired) electrons. The summed E-state index contributed by atoms with van der Waals surface area (Å²) >= 11 is -2.00. The van der Waals surface area contributed by atoms with Crippen LogP contribution in [0.1, 0.15) is 233 Å². The molecule has 0 N–H and O–H groups in total.